The molecule has 0 radical (unpaired) electrons. The number of amides is 2. The van der Waals surface area contributed by atoms with Crippen LogP contribution >= 0.6 is 0 Å². The Hall–Kier alpha value is -2.90. The van der Waals surface area contributed by atoms with Crippen molar-refractivity contribution in [3.05, 3.63) is 54.6 Å². The normalized spacial score (nSPS) is 19.0. The van der Waals surface area contributed by atoms with Crippen molar-refractivity contribution in [1.82, 2.24) is 10.6 Å². The number of benzene rings is 2. The summed E-state index contributed by atoms with van der Waals surface area (Å²) < 4.78 is 0. The molecule has 1 heterocycles. The number of carbonyl (C=O) groups excluding carboxylic acids is 2. The van der Waals surface area contributed by atoms with E-state index in [2.05, 4.69) is 21.3 Å². The maximum atomic E-state index is 12.4. The quantitative estimate of drug-likeness (QED) is 0.536. The van der Waals surface area contributed by atoms with Crippen LogP contribution < -0.4 is 27.0 Å². The molecule has 7 nitrogen and oxygen atoms in total. The zero-order chi connectivity index (χ0) is 18.4. The lowest BCUT2D eigenvalue weighted by molar-refractivity contribution is -0.121. The molecule has 1 saturated heterocycles. The SMILES string of the molecule is NCC(=O)NC1CN[C@H](C(=O)Nc2ccc(Nc3ccccc3)cc2)C1. The van der Waals surface area contributed by atoms with Gasteiger partial charge in [-0.2, -0.15) is 0 Å². The Morgan fingerprint density at radius 1 is 1.00 bits per heavy atom. The molecule has 1 unspecified atom stereocenters. The van der Waals surface area contributed by atoms with Crippen LogP contribution in [0.4, 0.5) is 17.1 Å². The van der Waals surface area contributed by atoms with Crippen molar-refractivity contribution >= 4 is 28.9 Å². The Morgan fingerprint density at radius 3 is 2.35 bits per heavy atom. The Morgan fingerprint density at radius 2 is 1.65 bits per heavy atom. The minimum atomic E-state index is -0.333. The van der Waals surface area contributed by atoms with Crippen LogP contribution in [0.2, 0.25) is 0 Å². The van der Waals surface area contributed by atoms with Crippen molar-refractivity contribution in [1.29, 1.82) is 0 Å². The molecule has 0 bridgehead atoms. The lowest BCUT2D eigenvalue weighted by atomic mass is 10.1. The number of hydrogen-bond donors (Lipinski definition) is 5. The summed E-state index contributed by atoms with van der Waals surface area (Å²) in [5.74, 6) is -0.322. The van der Waals surface area contributed by atoms with Crippen molar-refractivity contribution in [3.63, 3.8) is 0 Å². The van der Waals surface area contributed by atoms with E-state index in [1.165, 1.54) is 0 Å². The molecule has 7 heteroatoms. The minimum Gasteiger partial charge on any atom is -0.356 e. The summed E-state index contributed by atoms with van der Waals surface area (Å²) in [7, 11) is 0. The molecule has 0 saturated carbocycles. The van der Waals surface area contributed by atoms with Crippen molar-refractivity contribution in [2.75, 3.05) is 23.7 Å². The van der Waals surface area contributed by atoms with E-state index >= 15 is 0 Å². The van der Waals surface area contributed by atoms with Crippen molar-refractivity contribution < 1.29 is 9.59 Å². The third kappa shape index (κ3) is 4.81. The van der Waals surface area contributed by atoms with Gasteiger partial charge in [-0.1, -0.05) is 18.2 Å². The Labute approximate surface area is 152 Å². The fourth-order valence-corrected chi connectivity index (χ4v) is 2.89. The van der Waals surface area contributed by atoms with Gasteiger partial charge in [-0.25, -0.2) is 0 Å². The van der Waals surface area contributed by atoms with Crippen molar-refractivity contribution in [2.45, 2.75) is 18.5 Å². The van der Waals surface area contributed by atoms with E-state index < -0.39 is 0 Å². The fraction of sp³-hybridized carbons (Fsp3) is 0.263. The molecule has 6 N–H and O–H groups in total. The molecule has 1 fully saturated rings. The fourth-order valence-electron chi connectivity index (χ4n) is 2.89. The molecule has 2 aromatic rings. The van der Waals surface area contributed by atoms with Crippen molar-refractivity contribution in [3.8, 4) is 0 Å². The molecule has 0 spiro atoms. The molecule has 26 heavy (non-hydrogen) atoms. The molecule has 2 aromatic carbocycles. The van der Waals surface area contributed by atoms with Gasteiger partial charge in [0.05, 0.1) is 12.6 Å². The van der Waals surface area contributed by atoms with Gasteiger partial charge in [-0.15, -0.1) is 0 Å². The molecule has 3 rings (SSSR count). The highest BCUT2D eigenvalue weighted by molar-refractivity contribution is 5.95. The number of nitrogens with one attached hydrogen (secondary N) is 4. The smallest absolute Gasteiger partial charge is 0.241 e. The van der Waals surface area contributed by atoms with Gasteiger partial charge >= 0.3 is 0 Å². The number of rotatable bonds is 6. The van der Waals surface area contributed by atoms with Crippen LogP contribution in [-0.4, -0.2) is 37.0 Å². The Balaban J connectivity index is 1.51. The second-order valence-corrected chi connectivity index (χ2v) is 6.22. The molecule has 2 atom stereocenters. The average molecular weight is 353 g/mol. The molecule has 0 aromatic heterocycles. The topological polar surface area (TPSA) is 108 Å². The van der Waals surface area contributed by atoms with E-state index in [9.17, 15) is 9.59 Å². The summed E-state index contributed by atoms with van der Waals surface area (Å²) in [5, 5.41) is 12.1. The van der Waals surface area contributed by atoms with E-state index in [-0.39, 0.29) is 30.4 Å². The highest BCUT2D eigenvalue weighted by Crippen LogP contribution is 2.19. The van der Waals surface area contributed by atoms with E-state index in [1.807, 2.05) is 54.6 Å². The molecule has 1 aliphatic rings. The Bertz CT molecular complexity index is 748. The van der Waals surface area contributed by atoms with Gasteiger partial charge in [0.15, 0.2) is 0 Å². The predicted molar refractivity (Wildman–Crippen MR) is 102 cm³/mol. The number of carbonyl (C=O) groups is 2. The van der Waals surface area contributed by atoms with Gasteiger partial charge in [-0.3, -0.25) is 9.59 Å². The van der Waals surface area contributed by atoms with E-state index in [0.717, 1.165) is 17.1 Å². The molecule has 1 aliphatic heterocycles. The summed E-state index contributed by atoms with van der Waals surface area (Å²) in [5.41, 5.74) is 7.96. The lowest BCUT2D eigenvalue weighted by Crippen LogP contribution is -2.39. The summed E-state index contributed by atoms with van der Waals surface area (Å²) >= 11 is 0. The molecular weight excluding hydrogens is 330 g/mol. The summed E-state index contributed by atoms with van der Waals surface area (Å²) in [6.45, 7) is 0.514. The second kappa shape index (κ2) is 8.46. The molecule has 2 amide bonds. The van der Waals surface area contributed by atoms with E-state index in [1.54, 1.807) is 0 Å². The zero-order valence-corrected chi connectivity index (χ0v) is 14.4. The number of para-hydroxylation sites is 1. The number of hydrogen-bond acceptors (Lipinski definition) is 5. The van der Waals surface area contributed by atoms with Gasteiger partial charge in [-0.05, 0) is 42.8 Å². The minimum absolute atomic E-state index is 0.0449. The zero-order valence-electron chi connectivity index (χ0n) is 14.4. The number of anilines is 3. The lowest BCUT2D eigenvalue weighted by Gasteiger charge is -2.13. The third-order valence-corrected chi connectivity index (χ3v) is 4.21. The molecular formula is C19H23N5O2. The van der Waals surface area contributed by atoms with Gasteiger partial charge in [0.2, 0.25) is 11.8 Å². The Kier molecular flexibility index (Phi) is 5.83. The van der Waals surface area contributed by atoms with E-state index in [4.69, 9.17) is 5.73 Å². The van der Waals surface area contributed by atoms with Gasteiger partial charge in [0, 0.05) is 29.6 Å². The molecule has 0 aliphatic carbocycles. The van der Waals surface area contributed by atoms with Crippen LogP contribution in [0, 0.1) is 0 Å². The predicted octanol–water partition coefficient (Wildman–Crippen LogP) is 1.17. The van der Waals surface area contributed by atoms with Crippen LogP contribution in [0.3, 0.4) is 0 Å². The number of nitrogens with two attached hydrogens (primary N) is 1. The second-order valence-electron chi connectivity index (χ2n) is 6.22. The van der Waals surface area contributed by atoms with Crippen LogP contribution in [-0.2, 0) is 9.59 Å². The highest BCUT2D eigenvalue weighted by Gasteiger charge is 2.30. The maximum Gasteiger partial charge on any atom is 0.241 e. The van der Waals surface area contributed by atoms with Crippen LogP contribution in [0.1, 0.15) is 6.42 Å². The summed E-state index contributed by atoms with van der Waals surface area (Å²) in [4.78, 5) is 23.7. The van der Waals surface area contributed by atoms with Crippen LogP contribution in [0.15, 0.2) is 54.6 Å². The van der Waals surface area contributed by atoms with Crippen molar-refractivity contribution in [2.24, 2.45) is 5.73 Å². The first-order valence-corrected chi connectivity index (χ1v) is 8.60. The van der Waals surface area contributed by atoms with Gasteiger partial charge in [0.1, 0.15) is 0 Å². The highest BCUT2D eigenvalue weighted by atomic mass is 16.2. The standard InChI is InChI=1S/C19H23N5O2/c20-11-18(25)23-16-10-17(21-12-16)19(26)24-15-8-6-14(7-9-15)22-13-4-2-1-3-5-13/h1-9,16-17,21-22H,10-12,20H2,(H,23,25)(H,24,26)/t16?,17-/m0/s1. The van der Waals surface area contributed by atoms with E-state index in [0.29, 0.717) is 13.0 Å². The van der Waals surface area contributed by atoms with Gasteiger partial charge < -0.3 is 27.0 Å². The average Bonchev–Trinajstić information content (AvgIpc) is 3.12. The van der Waals surface area contributed by atoms with Gasteiger partial charge in [0.25, 0.3) is 0 Å². The first kappa shape index (κ1) is 17.9. The first-order chi connectivity index (χ1) is 12.6. The third-order valence-electron chi connectivity index (χ3n) is 4.21. The summed E-state index contributed by atoms with van der Waals surface area (Å²) in [6, 6.07) is 17.0. The first-order valence-electron chi connectivity index (χ1n) is 8.60. The maximum absolute atomic E-state index is 12.4. The summed E-state index contributed by atoms with van der Waals surface area (Å²) in [6.07, 6.45) is 0.547. The monoisotopic (exact) mass is 353 g/mol. The largest absolute Gasteiger partial charge is 0.356 e. The van der Waals surface area contributed by atoms with Crippen LogP contribution in [0.25, 0.3) is 0 Å². The van der Waals surface area contributed by atoms with Crippen LogP contribution in [0.5, 0.6) is 0 Å². The molecule has 136 valence electrons.